The normalized spacial score (nSPS) is 10.7. The number of nitrogens with zero attached hydrogens (tertiary/aromatic N) is 2. The van der Waals surface area contributed by atoms with E-state index >= 15 is 0 Å². The summed E-state index contributed by atoms with van der Waals surface area (Å²) in [5.41, 5.74) is 3.17. The maximum absolute atomic E-state index is 10.8. The lowest BCUT2D eigenvalue weighted by Crippen LogP contribution is -2.28. The zero-order valence-corrected chi connectivity index (χ0v) is 9.68. The molecule has 0 aliphatic rings. The third-order valence-electron chi connectivity index (χ3n) is 2.67. The van der Waals surface area contributed by atoms with Gasteiger partial charge in [0.2, 0.25) is 5.91 Å². The van der Waals surface area contributed by atoms with Crippen LogP contribution in [-0.4, -0.2) is 33.7 Å². The zero-order valence-electron chi connectivity index (χ0n) is 9.68. The molecule has 2 rings (SSSR count). The molecule has 1 aromatic carbocycles. The molecule has 0 aliphatic carbocycles. The van der Waals surface area contributed by atoms with Crippen LogP contribution in [-0.2, 0) is 18.3 Å². The Kier molecular flexibility index (Phi) is 3.39. The summed E-state index contributed by atoms with van der Waals surface area (Å²) in [4.78, 5) is 15.1. The van der Waals surface area contributed by atoms with Gasteiger partial charge in [-0.25, -0.2) is 4.98 Å². The van der Waals surface area contributed by atoms with Crippen molar-refractivity contribution < 1.29 is 9.90 Å². The van der Waals surface area contributed by atoms with Crippen LogP contribution in [0, 0.1) is 0 Å². The number of amides is 1. The van der Waals surface area contributed by atoms with Gasteiger partial charge in [0.15, 0.2) is 0 Å². The second-order valence-corrected chi connectivity index (χ2v) is 3.94. The lowest BCUT2D eigenvalue weighted by atomic mass is 10.1. The van der Waals surface area contributed by atoms with E-state index in [1.807, 2.05) is 29.8 Å². The number of benzene rings is 1. The Morgan fingerprint density at radius 2 is 2.35 bits per heavy atom. The molecule has 0 fully saturated rings. The van der Waals surface area contributed by atoms with E-state index in [2.05, 4.69) is 10.3 Å². The van der Waals surface area contributed by atoms with Crippen LogP contribution in [0.25, 0.3) is 11.0 Å². The largest absolute Gasteiger partial charge is 0.387 e. The lowest BCUT2D eigenvalue weighted by Gasteiger charge is -2.03. The molecule has 0 spiro atoms. The summed E-state index contributed by atoms with van der Waals surface area (Å²) in [6.07, 6.45) is 2.51. The highest BCUT2D eigenvalue weighted by Gasteiger charge is 2.02. The van der Waals surface area contributed by atoms with Crippen molar-refractivity contribution in [2.45, 2.75) is 6.42 Å². The van der Waals surface area contributed by atoms with E-state index in [1.54, 1.807) is 6.33 Å². The van der Waals surface area contributed by atoms with Gasteiger partial charge in [0.1, 0.15) is 6.61 Å². The van der Waals surface area contributed by atoms with E-state index in [1.165, 1.54) is 0 Å². The fourth-order valence-corrected chi connectivity index (χ4v) is 1.74. The van der Waals surface area contributed by atoms with E-state index in [0.29, 0.717) is 6.54 Å². The van der Waals surface area contributed by atoms with Gasteiger partial charge in [-0.3, -0.25) is 4.79 Å². The van der Waals surface area contributed by atoms with Gasteiger partial charge < -0.3 is 15.0 Å². The summed E-state index contributed by atoms with van der Waals surface area (Å²) >= 11 is 0. The smallest absolute Gasteiger partial charge is 0.245 e. The van der Waals surface area contributed by atoms with Crippen LogP contribution in [0.2, 0.25) is 0 Å². The second-order valence-electron chi connectivity index (χ2n) is 3.94. The molecule has 1 heterocycles. The van der Waals surface area contributed by atoms with Crippen molar-refractivity contribution in [3.63, 3.8) is 0 Å². The van der Waals surface area contributed by atoms with Gasteiger partial charge in [0.25, 0.3) is 0 Å². The summed E-state index contributed by atoms with van der Waals surface area (Å²) in [6, 6.07) is 6.06. The first-order valence-electron chi connectivity index (χ1n) is 5.48. The van der Waals surface area contributed by atoms with Gasteiger partial charge in [-0.15, -0.1) is 0 Å². The molecular weight excluding hydrogens is 218 g/mol. The van der Waals surface area contributed by atoms with Gasteiger partial charge in [-0.1, -0.05) is 6.07 Å². The zero-order chi connectivity index (χ0) is 12.3. The van der Waals surface area contributed by atoms with Crippen molar-refractivity contribution in [3.05, 3.63) is 30.1 Å². The fraction of sp³-hybridized carbons (Fsp3) is 0.333. The number of rotatable bonds is 4. The minimum Gasteiger partial charge on any atom is -0.387 e. The standard InChI is InChI=1S/C12H15N3O2/c1-15-8-14-10-6-9(2-3-11(10)15)4-5-13-12(17)7-16/h2-3,6,8,16H,4-5,7H2,1H3,(H,13,17). The highest BCUT2D eigenvalue weighted by molar-refractivity contribution is 5.77. The molecule has 5 heteroatoms. The van der Waals surface area contributed by atoms with Gasteiger partial charge in [-0.2, -0.15) is 0 Å². The summed E-state index contributed by atoms with van der Waals surface area (Å²) in [6.45, 7) is 0.0665. The van der Waals surface area contributed by atoms with Crippen LogP contribution in [0.5, 0.6) is 0 Å². The number of nitrogens with one attached hydrogen (secondary N) is 1. The van der Waals surface area contributed by atoms with E-state index < -0.39 is 6.61 Å². The van der Waals surface area contributed by atoms with Gasteiger partial charge >= 0.3 is 0 Å². The average molecular weight is 233 g/mol. The Labute approximate surface area is 99.1 Å². The Morgan fingerprint density at radius 3 is 3.12 bits per heavy atom. The van der Waals surface area contributed by atoms with Crippen LogP contribution < -0.4 is 5.32 Å². The van der Waals surface area contributed by atoms with Crippen LogP contribution >= 0.6 is 0 Å². The molecule has 1 aromatic heterocycles. The van der Waals surface area contributed by atoms with Crippen molar-refractivity contribution in [2.75, 3.05) is 13.2 Å². The lowest BCUT2D eigenvalue weighted by molar-refractivity contribution is -0.123. The number of aliphatic hydroxyl groups excluding tert-OH is 1. The van der Waals surface area contributed by atoms with Crippen LogP contribution in [0.3, 0.4) is 0 Å². The highest BCUT2D eigenvalue weighted by atomic mass is 16.3. The molecule has 1 amide bonds. The molecule has 0 unspecified atom stereocenters. The summed E-state index contributed by atoms with van der Waals surface area (Å²) < 4.78 is 1.96. The van der Waals surface area contributed by atoms with E-state index in [0.717, 1.165) is 23.0 Å². The number of fused-ring (bicyclic) bond motifs is 1. The third-order valence-corrected chi connectivity index (χ3v) is 2.67. The average Bonchev–Trinajstić information content (AvgIpc) is 2.70. The molecule has 2 aromatic rings. The van der Waals surface area contributed by atoms with Crippen molar-refractivity contribution in [3.8, 4) is 0 Å². The summed E-state index contributed by atoms with van der Waals surface area (Å²) in [5, 5.41) is 11.2. The predicted molar refractivity (Wildman–Crippen MR) is 64.5 cm³/mol. The molecule has 0 aliphatic heterocycles. The van der Waals surface area contributed by atoms with Crippen molar-refractivity contribution in [1.82, 2.24) is 14.9 Å². The van der Waals surface area contributed by atoms with E-state index in [-0.39, 0.29) is 5.91 Å². The number of aliphatic hydroxyl groups is 1. The number of hydrogen-bond donors (Lipinski definition) is 2. The first-order chi connectivity index (χ1) is 8.20. The van der Waals surface area contributed by atoms with Gasteiger partial charge in [-0.05, 0) is 24.1 Å². The molecule has 0 atom stereocenters. The first-order valence-corrected chi connectivity index (χ1v) is 5.48. The van der Waals surface area contributed by atoms with Crippen LogP contribution in [0.4, 0.5) is 0 Å². The monoisotopic (exact) mass is 233 g/mol. The molecular formula is C12H15N3O2. The quantitative estimate of drug-likeness (QED) is 0.794. The minimum atomic E-state index is -0.459. The molecule has 17 heavy (non-hydrogen) atoms. The number of imidazole rings is 1. The number of hydrogen-bond acceptors (Lipinski definition) is 3. The Bertz CT molecular complexity index is 534. The van der Waals surface area contributed by atoms with Gasteiger partial charge in [0.05, 0.1) is 17.4 Å². The molecule has 90 valence electrons. The van der Waals surface area contributed by atoms with Crippen molar-refractivity contribution in [1.29, 1.82) is 0 Å². The van der Waals surface area contributed by atoms with Crippen molar-refractivity contribution >= 4 is 16.9 Å². The highest BCUT2D eigenvalue weighted by Crippen LogP contribution is 2.13. The number of aryl methyl sites for hydroxylation is 1. The topological polar surface area (TPSA) is 67.2 Å². The predicted octanol–water partition coefficient (Wildman–Crippen LogP) is 0.224. The number of carbonyl (C=O) groups excluding carboxylic acids is 1. The van der Waals surface area contributed by atoms with Crippen molar-refractivity contribution in [2.24, 2.45) is 7.05 Å². The Balaban J connectivity index is 2.02. The molecule has 0 saturated heterocycles. The van der Waals surface area contributed by atoms with Crippen LogP contribution in [0.15, 0.2) is 24.5 Å². The summed E-state index contributed by atoms with van der Waals surface area (Å²) in [7, 11) is 1.95. The fourth-order valence-electron chi connectivity index (χ4n) is 1.74. The van der Waals surface area contributed by atoms with Crippen LogP contribution in [0.1, 0.15) is 5.56 Å². The number of carbonyl (C=O) groups is 1. The molecule has 2 N–H and O–H groups in total. The molecule has 0 bridgehead atoms. The minimum absolute atomic E-state index is 0.344. The molecule has 5 nitrogen and oxygen atoms in total. The maximum atomic E-state index is 10.8. The maximum Gasteiger partial charge on any atom is 0.245 e. The number of aromatic nitrogens is 2. The Hall–Kier alpha value is -1.88. The first kappa shape index (κ1) is 11.6. The molecule has 0 radical (unpaired) electrons. The summed E-state index contributed by atoms with van der Waals surface area (Å²) in [5.74, 6) is -0.344. The molecule has 0 saturated carbocycles. The van der Waals surface area contributed by atoms with E-state index in [9.17, 15) is 4.79 Å². The third kappa shape index (κ3) is 2.62. The second kappa shape index (κ2) is 4.97. The van der Waals surface area contributed by atoms with E-state index in [4.69, 9.17) is 5.11 Å². The van der Waals surface area contributed by atoms with Gasteiger partial charge in [0, 0.05) is 13.6 Å². The SMILES string of the molecule is Cn1cnc2cc(CCNC(=O)CO)ccc21. The Morgan fingerprint density at radius 1 is 1.53 bits per heavy atom.